The highest BCUT2D eigenvalue weighted by Crippen LogP contribution is 2.39. The summed E-state index contributed by atoms with van der Waals surface area (Å²) in [6.45, 7) is 1.74. The standard InChI is InChI=1S/C13H15ClF3NO4S2/c1-4-24(21,22)8-6-5-7(9(14)10(8)23-3)18-11(19)12(2,20)13(15,16)17/h5-6,20H,4H2,1-3H3,(H,18,19)/t12-/m1/s1. The van der Waals surface area contributed by atoms with Gasteiger partial charge in [-0.05, 0) is 25.3 Å². The molecule has 1 aromatic rings. The van der Waals surface area contributed by atoms with E-state index in [1.54, 1.807) is 0 Å². The molecular weight excluding hydrogens is 391 g/mol. The van der Waals surface area contributed by atoms with Gasteiger partial charge in [-0.3, -0.25) is 4.79 Å². The number of amides is 1. The van der Waals surface area contributed by atoms with Crippen LogP contribution in [0.15, 0.2) is 21.9 Å². The third-order valence-electron chi connectivity index (χ3n) is 3.22. The monoisotopic (exact) mass is 405 g/mol. The number of rotatable bonds is 5. The zero-order valence-corrected chi connectivity index (χ0v) is 15.3. The van der Waals surface area contributed by atoms with E-state index < -0.39 is 27.5 Å². The number of thioether (sulfide) groups is 1. The van der Waals surface area contributed by atoms with Gasteiger partial charge in [-0.1, -0.05) is 18.5 Å². The normalized spacial score (nSPS) is 15.0. The Balaban J connectivity index is 3.33. The first kappa shape index (κ1) is 21.1. The second-order valence-corrected chi connectivity index (χ2v) is 8.33. The molecule has 0 unspecified atom stereocenters. The van der Waals surface area contributed by atoms with Gasteiger partial charge in [0.1, 0.15) is 0 Å². The van der Waals surface area contributed by atoms with Gasteiger partial charge in [0.2, 0.25) is 5.60 Å². The molecule has 0 spiro atoms. The van der Waals surface area contributed by atoms with Crippen molar-refractivity contribution < 1.29 is 31.5 Å². The smallest absolute Gasteiger partial charge is 0.373 e. The number of carbonyl (C=O) groups is 1. The van der Waals surface area contributed by atoms with Crippen molar-refractivity contribution in [3.8, 4) is 0 Å². The second-order valence-electron chi connectivity index (χ2n) is 4.89. The number of aliphatic hydroxyl groups is 1. The van der Waals surface area contributed by atoms with Crippen molar-refractivity contribution >= 4 is 44.8 Å². The summed E-state index contributed by atoms with van der Waals surface area (Å²) in [6.07, 6.45) is -3.65. The van der Waals surface area contributed by atoms with Crippen LogP contribution in [0.5, 0.6) is 0 Å². The van der Waals surface area contributed by atoms with Crippen LogP contribution >= 0.6 is 23.4 Å². The topological polar surface area (TPSA) is 83.5 Å². The third-order valence-corrected chi connectivity index (χ3v) is 6.46. The minimum absolute atomic E-state index is 0.0805. The van der Waals surface area contributed by atoms with Gasteiger partial charge in [-0.25, -0.2) is 8.42 Å². The lowest BCUT2D eigenvalue weighted by Crippen LogP contribution is -2.52. The number of anilines is 1. The minimum atomic E-state index is -5.18. The van der Waals surface area contributed by atoms with Crippen molar-refractivity contribution in [3.63, 3.8) is 0 Å². The van der Waals surface area contributed by atoms with Crippen LogP contribution in [0.3, 0.4) is 0 Å². The van der Waals surface area contributed by atoms with E-state index in [-0.39, 0.29) is 26.3 Å². The van der Waals surface area contributed by atoms with E-state index in [0.717, 1.165) is 23.9 Å². The van der Waals surface area contributed by atoms with Gasteiger partial charge in [-0.15, -0.1) is 11.8 Å². The van der Waals surface area contributed by atoms with E-state index in [0.29, 0.717) is 6.92 Å². The van der Waals surface area contributed by atoms with Gasteiger partial charge < -0.3 is 10.4 Å². The molecule has 1 aromatic carbocycles. The van der Waals surface area contributed by atoms with Crippen LogP contribution in [0.1, 0.15) is 13.8 Å². The summed E-state index contributed by atoms with van der Waals surface area (Å²) in [5, 5.41) is 11.0. The molecule has 136 valence electrons. The molecule has 1 rings (SSSR count). The number of alkyl halides is 3. The predicted octanol–water partition coefficient (Wildman–Crippen LogP) is 3.11. The molecule has 0 fully saturated rings. The van der Waals surface area contributed by atoms with Gasteiger partial charge in [-0.2, -0.15) is 13.2 Å². The van der Waals surface area contributed by atoms with Crippen molar-refractivity contribution in [3.05, 3.63) is 17.2 Å². The highest BCUT2D eigenvalue weighted by atomic mass is 35.5. The van der Waals surface area contributed by atoms with Crippen LogP contribution in [0, 0.1) is 0 Å². The van der Waals surface area contributed by atoms with Crippen molar-refractivity contribution in [1.82, 2.24) is 0 Å². The van der Waals surface area contributed by atoms with E-state index in [1.807, 2.05) is 5.32 Å². The summed E-state index contributed by atoms with van der Waals surface area (Å²) in [5.74, 6) is -1.92. The van der Waals surface area contributed by atoms with Crippen LogP contribution in [-0.2, 0) is 14.6 Å². The van der Waals surface area contributed by atoms with E-state index in [4.69, 9.17) is 11.6 Å². The maximum absolute atomic E-state index is 12.7. The zero-order valence-electron chi connectivity index (χ0n) is 12.9. The van der Waals surface area contributed by atoms with E-state index in [1.165, 1.54) is 13.2 Å². The molecule has 1 atom stereocenters. The van der Waals surface area contributed by atoms with Gasteiger partial charge in [0.05, 0.1) is 21.4 Å². The number of sulfone groups is 1. The van der Waals surface area contributed by atoms with Crippen LogP contribution < -0.4 is 5.32 Å². The van der Waals surface area contributed by atoms with E-state index >= 15 is 0 Å². The van der Waals surface area contributed by atoms with Crippen molar-refractivity contribution in [2.45, 2.75) is 35.4 Å². The Morgan fingerprint density at radius 3 is 2.33 bits per heavy atom. The third kappa shape index (κ3) is 3.98. The average molecular weight is 406 g/mol. The number of nitrogens with one attached hydrogen (secondary N) is 1. The molecule has 0 aliphatic heterocycles. The highest BCUT2D eigenvalue weighted by Gasteiger charge is 2.55. The fourth-order valence-electron chi connectivity index (χ4n) is 1.60. The lowest BCUT2D eigenvalue weighted by molar-refractivity contribution is -0.242. The molecule has 0 aliphatic carbocycles. The molecule has 0 saturated heterocycles. The lowest BCUT2D eigenvalue weighted by Gasteiger charge is -2.25. The maximum Gasteiger partial charge on any atom is 0.426 e. The highest BCUT2D eigenvalue weighted by molar-refractivity contribution is 7.99. The molecule has 0 saturated carbocycles. The van der Waals surface area contributed by atoms with Crippen LogP contribution in [0.25, 0.3) is 0 Å². The van der Waals surface area contributed by atoms with Crippen LogP contribution in [0.2, 0.25) is 5.02 Å². The number of carbonyl (C=O) groups excluding carboxylic acids is 1. The van der Waals surface area contributed by atoms with Gasteiger partial charge in [0, 0.05) is 4.90 Å². The number of hydrogen-bond donors (Lipinski definition) is 2. The molecule has 5 nitrogen and oxygen atoms in total. The summed E-state index contributed by atoms with van der Waals surface area (Å²) >= 11 is 6.99. The van der Waals surface area contributed by atoms with Gasteiger partial charge in [0.25, 0.3) is 5.91 Å². The van der Waals surface area contributed by atoms with Crippen LogP contribution in [0.4, 0.5) is 18.9 Å². The predicted molar refractivity (Wildman–Crippen MR) is 86.3 cm³/mol. The van der Waals surface area contributed by atoms with Gasteiger partial charge >= 0.3 is 6.18 Å². The van der Waals surface area contributed by atoms with E-state index in [9.17, 15) is 31.5 Å². The minimum Gasteiger partial charge on any atom is -0.373 e. The molecule has 0 heterocycles. The van der Waals surface area contributed by atoms with E-state index in [2.05, 4.69) is 0 Å². The first-order chi connectivity index (χ1) is 10.8. The van der Waals surface area contributed by atoms with Crippen LogP contribution in [-0.4, -0.2) is 43.2 Å². The quantitative estimate of drug-likeness (QED) is 0.735. The first-order valence-corrected chi connectivity index (χ1v) is 9.74. The summed E-state index contributed by atoms with van der Waals surface area (Å²) in [5.41, 5.74) is -3.85. The summed E-state index contributed by atoms with van der Waals surface area (Å²) in [4.78, 5) is 11.7. The Bertz CT molecular complexity index is 748. The molecular formula is C13H15ClF3NO4S2. The van der Waals surface area contributed by atoms with Crippen molar-refractivity contribution in [2.75, 3.05) is 17.3 Å². The first-order valence-electron chi connectivity index (χ1n) is 6.49. The zero-order chi connectivity index (χ0) is 18.9. The fourth-order valence-corrected chi connectivity index (χ4v) is 4.26. The Labute approximate surface area is 146 Å². The van der Waals surface area contributed by atoms with Gasteiger partial charge in [0.15, 0.2) is 9.84 Å². The average Bonchev–Trinajstić information content (AvgIpc) is 2.47. The largest absolute Gasteiger partial charge is 0.426 e. The lowest BCUT2D eigenvalue weighted by atomic mass is 10.1. The summed E-state index contributed by atoms with van der Waals surface area (Å²) < 4.78 is 62.0. The summed E-state index contributed by atoms with van der Waals surface area (Å²) in [7, 11) is -3.61. The molecule has 2 N–H and O–H groups in total. The number of halogens is 4. The molecule has 0 bridgehead atoms. The van der Waals surface area contributed by atoms with Crippen molar-refractivity contribution in [1.29, 1.82) is 0 Å². The fraction of sp³-hybridized carbons (Fsp3) is 0.462. The summed E-state index contributed by atoms with van der Waals surface area (Å²) in [6, 6.07) is 2.23. The Kier molecular flexibility index (Phi) is 6.24. The number of hydrogen-bond acceptors (Lipinski definition) is 5. The molecule has 11 heteroatoms. The molecule has 1 amide bonds. The Morgan fingerprint density at radius 2 is 1.92 bits per heavy atom. The molecule has 24 heavy (non-hydrogen) atoms. The molecule has 0 radical (unpaired) electrons. The second kappa shape index (κ2) is 7.11. The SMILES string of the molecule is CCS(=O)(=O)c1ccc(NC(=O)[C@@](C)(O)C(F)(F)F)c(Cl)c1SC. The number of benzene rings is 1. The Morgan fingerprint density at radius 1 is 1.38 bits per heavy atom. The Hall–Kier alpha value is -0.970. The molecule has 0 aliphatic rings. The molecule has 0 aromatic heterocycles. The maximum atomic E-state index is 12.7. The van der Waals surface area contributed by atoms with Crippen molar-refractivity contribution in [2.24, 2.45) is 0 Å².